The standard InChI is InChI=1S/C17H28N2O4S/c1-13(2)15-12-17(16(22-4)11-14(15)3)24(20,21)18-5-6-19-7-9-23-10-8-19/h11-13,18H,5-10H2,1-4H3/p+1. The third kappa shape index (κ3) is 4.69. The number of hydrogen-bond acceptors (Lipinski definition) is 4. The zero-order chi connectivity index (χ0) is 17.7. The van der Waals surface area contributed by atoms with Crippen molar-refractivity contribution in [2.45, 2.75) is 31.6 Å². The van der Waals surface area contributed by atoms with Gasteiger partial charge in [-0.2, -0.15) is 0 Å². The average molecular weight is 357 g/mol. The molecule has 24 heavy (non-hydrogen) atoms. The Morgan fingerprint density at radius 2 is 1.96 bits per heavy atom. The van der Waals surface area contributed by atoms with E-state index in [2.05, 4.69) is 18.6 Å². The predicted molar refractivity (Wildman–Crippen MR) is 93.4 cm³/mol. The van der Waals surface area contributed by atoms with Gasteiger partial charge in [0.25, 0.3) is 0 Å². The van der Waals surface area contributed by atoms with Crippen molar-refractivity contribution in [1.29, 1.82) is 0 Å². The molecule has 0 spiro atoms. The molecule has 0 atom stereocenters. The molecule has 1 aliphatic heterocycles. The first-order chi connectivity index (χ1) is 11.3. The minimum absolute atomic E-state index is 0.219. The van der Waals surface area contributed by atoms with E-state index in [0.29, 0.717) is 12.3 Å². The average Bonchev–Trinajstić information content (AvgIpc) is 2.54. The van der Waals surface area contributed by atoms with Crippen LogP contribution in [0.5, 0.6) is 5.75 Å². The maximum atomic E-state index is 12.7. The van der Waals surface area contributed by atoms with Crippen LogP contribution >= 0.6 is 0 Å². The van der Waals surface area contributed by atoms with Gasteiger partial charge >= 0.3 is 0 Å². The Kier molecular flexibility index (Phi) is 6.62. The molecule has 1 fully saturated rings. The number of morpholine rings is 1. The molecule has 1 saturated heterocycles. The monoisotopic (exact) mass is 357 g/mol. The van der Waals surface area contributed by atoms with Crippen molar-refractivity contribution in [3.8, 4) is 5.75 Å². The van der Waals surface area contributed by atoms with Gasteiger partial charge < -0.3 is 14.4 Å². The minimum atomic E-state index is -3.60. The summed E-state index contributed by atoms with van der Waals surface area (Å²) in [6.07, 6.45) is 0. The molecule has 0 amide bonds. The normalized spacial score (nSPS) is 16.5. The topological polar surface area (TPSA) is 69.1 Å². The predicted octanol–water partition coefficient (Wildman–Crippen LogP) is 0.320. The highest BCUT2D eigenvalue weighted by molar-refractivity contribution is 7.89. The Balaban J connectivity index is 2.13. The molecule has 136 valence electrons. The molecule has 1 heterocycles. The largest absolute Gasteiger partial charge is 0.495 e. The van der Waals surface area contributed by atoms with Gasteiger partial charge in [-0.1, -0.05) is 13.8 Å². The van der Waals surface area contributed by atoms with Crippen LogP contribution in [0.1, 0.15) is 30.9 Å². The number of quaternary nitrogens is 1. The molecule has 0 radical (unpaired) electrons. The maximum Gasteiger partial charge on any atom is 0.244 e. The number of nitrogens with one attached hydrogen (secondary N) is 2. The zero-order valence-corrected chi connectivity index (χ0v) is 15.8. The number of rotatable bonds is 7. The first kappa shape index (κ1) is 19.2. The summed E-state index contributed by atoms with van der Waals surface area (Å²) in [5.74, 6) is 0.644. The van der Waals surface area contributed by atoms with E-state index in [0.717, 1.165) is 44.0 Å². The molecule has 7 heteroatoms. The van der Waals surface area contributed by atoms with E-state index in [1.54, 1.807) is 12.1 Å². The number of methoxy groups -OCH3 is 1. The van der Waals surface area contributed by atoms with Gasteiger partial charge in [-0.15, -0.1) is 0 Å². The highest BCUT2D eigenvalue weighted by Crippen LogP contribution is 2.30. The van der Waals surface area contributed by atoms with Crippen molar-refractivity contribution < 1.29 is 22.8 Å². The van der Waals surface area contributed by atoms with Crippen LogP contribution in [0.4, 0.5) is 0 Å². The van der Waals surface area contributed by atoms with Crippen molar-refractivity contribution in [3.05, 3.63) is 23.3 Å². The van der Waals surface area contributed by atoms with Gasteiger partial charge in [-0.05, 0) is 36.1 Å². The summed E-state index contributed by atoms with van der Waals surface area (Å²) in [7, 11) is -2.10. The van der Waals surface area contributed by atoms with Crippen LogP contribution in [0, 0.1) is 6.92 Å². The number of ether oxygens (including phenoxy) is 2. The molecular formula is C17H29N2O4S+. The Morgan fingerprint density at radius 3 is 2.54 bits per heavy atom. The third-order valence-electron chi connectivity index (χ3n) is 4.43. The van der Waals surface area contributed by atoms with Crippen molar-refractivity contribution in [2.24, 2.45) is 0 Å². The Hall–Kier alpha value is -1.15. The first-order valence-electron chi connectivity index (χ1n) is 8.44. The van der Waals surface area contributed by atoms with E-state index < -0.39 is 10.0 Å². The molecule has 1 aromatic rings. The maximum absolute atomic E-state index is 12.7. The summed E-state index contributed by atoms with van der Waals surface area (Å²) in [4.78, 5) is 1.58. The van der Waals surface area contributed by atoms with Gasteiger partial charge in [0, 0.05) is 0 Å². The Morgan fingerprint density at radius 1 is 1.29 bits per heavy atom. The molecule has 0 unspecified atom stereocenters. The minimum Gasteiger partial charge on any atom is -0.495 e. The van der Waals surface area contributed by atoms with E-state index in [1.807, 2.05) is 6.92 Å². The zero-order valence-electron chi connectivity index (χ0n) is 15.0. The van der Waals surface area contributed by atoms with Gasteiger partial charge in [0.1, 0.15) is 23.7 Å². The second-order valence-electron chi connectivity index (χ2n) is 6.52. The fourth-order valence-electron chi connectivity index (χ4n) is 3.02. The lowest BCUT2D eigenvalue weighted by Gasteiger charge is -2.23. The number of sulfonamides is 1. The van der Waals surface area contributed by atoms with Crippen LogP contribution in [0.2, 0.25) is 0 Å². The fraction of sp³-hybridized carbons (Fsp3) is 0.647. The lowest BCUT2D eigenvalue weighted by atomic mass is 9.98. The molecule has 1 aliphatic rings. The number of benzene rings is 1. The quantitative estimate of drug-likeness (QED) is 0.737. The summed E-state index contributed by atoms with van der Waals surface area (Å²) in [6, 6.07) is 3.54. The van der Waals surface area contributed by atoms with Crippen LogP contribution in [0.15, 0.2) is 17.0 Å². The summed E-state index contributed by atoms with van der Waals surface area (Å²) >= 11 is 0. The number of aryl methyl sites for hydroxylation is 1. The molecule has 2 rings (SSSR count). The summed E-state index contributed by atoms with van der Waals surface area (Å²) in [5, 5.41) is 0. The smallest absolute Gasteiger partial charge is 0.244 e. The van der Waals surface area contributed by atoms with Crippen molar-refractivity contribution in [3.63, 3.8) is 0 Å². The van der Waals surface area contributed by atoms with E-state index in [9.17, 15) is 8.42 Å². The molecule has 0 aromatic heterocycles. The lowest BCUT2D eigenvalue weighted by molar-refractivity contribution is -0.906. The molecule has 1 aromatic carbocycles. The summed E-state index contributed by atoms with van der Waals surface area (Å²) in [6.45, 7) is 10.6. The van der Waals surface area contributed by atoms with Gasteiger partial charge in [0.2, 0.25) is 10.0 Å². The van der Waals surface area contributed by atoms with E-state index >= 15 is 0 Å². The SMILES string of the molecule is COc1cc(C)c(C(C)C)cc1S(=O)(=O)NCC[NH+]1CCOCC1. The van der Waals surface area contributed by atoms with Crippen LogP contribution in [-0.4, -0.2) is 54.9 Å². The van der Waals surface area contributed by atoms with E-state index in [1.165, 1.54) is 12.0 Å². The second-order valence-corrected chi connectivity index (χ2v) is 8.26. The Labute approximate surface area is 145 Å². The van der Waals surface area contributed by atoms with E-state index in [-0.39, 0.29) is 10.8 Å². The van der Waals surface area contributed by atoms with Crippen molar-refractivity contribution in [1.82, 2.24) is 4.72 Å². The van der Waals surface area contributed by atoms with Crippen molar-refractivity contribution in [2.75, 3.05) is 46.5 Å². The van der Waals surface area contributed by atoms with E-state index in [4.69, 9.17) is 9.47 Å². The molecule has 2 N–H and O–H groups in total. The van der Waals surface area contributed by atoms with Crippen LogP contribution < -0.4 is 14.4 Å². The Bertz CT molecular complexity index is 653. The highest BCUT2D eigenvalue weighted by atomic mass is 32.2. The van der Waals surface area contributed by atoms with Crippen LogP contribution in [0.25, 0.3) is 0 Å². The molecule has 6 nitrogen and oxygen atoms in total. The van der Waals surface area contributed by atoms with Crippen LogP contribution in [0.3, 0.4) is 0 Å². The van der Waals surface area contributed by atoms with Gasteiger partial charge in [-0.3, -0.25) is 0 Å². The number of hydrogen-bond donors (Lipinski definition) is 2. The summed E-state index contributed by atoms with van der Waals surface area (Å²) in [5.41, 5.74) is 2.06. The van der Waals surface area contributed by atoms with Gasteiger partial charge in [0.05, 0.1) is 33.4 Å². The summed E-state index contributed by atoms with van der Waals surface area (Å²) < 4.78 is 38.8. The second kappa shape index (κ2) is 8.29. The first-order valence-corrected chi connectivity index (χ1v) is 9.93. The van der Waals surface area contributed by atoms with Gasteiger partial charge in [0.15, 0.2) is 0 Å². The molecule has 0 saturated carbocycles. The molecule has 0 aliphatic carbocycles. The highest BCUT2D eigenvalue weighted by Gasteiger charge is 2.23. The molecule has 0 bridgehead atoms. The third-order valence-corrected chi connectivity index (χ3v) is 5.92. The molecular weight excluding hydrogens is 328 g/mol. The fourth-order valence-corrected chi connectivity index (χ4v) is 4.23. The van der Waals surface area contributed by atoms with Crippen LogP contribution in [-0.2, 0) is 14.8 Å². The lowest BCUT2D eigenvalue weighted by Crippen LogP contribution is -3.14. The van der Waals surface area contributed by atoms with Crippen molar-refractivity contribution >= 4 is 10.0 Å². The van der Waals surface area contributed by atoms with Gasteiger partial charge in [-0.25, -0.2) is 13.1 Å².